The van der Waals surface area contributed by atoms with Crippen molar-refractivity contribution < 1.29 is 23.0 Å². The van der Waals surface area contributed by atoms with Gasteiger partial charge in [-0.05, 0) is 25.5 Å². The molecule has 0 aliphatic carbocycles. The molecule has 3 N–H and O–H groups in total. The first-order valence-corrected chi connectivity index (χ1v) is 6.10. The van der Waals surface area contributed by atoms with Crippen LogP contribution in [0.4, 0.5) is 14.5 Å². The number of amides is 1. The van der Waals surface area contributed by atoms with Crippen LogP contribution < -0.4 is 20.5 Å². The van der Waals surface area contributed by atoms with E-state index < -0.39 is 6.61 Å². The minimum absolute atomic E-state index is 0.0747. The molecule has 0 radical (unpaired) electrons. The van der Waals surface area contributed by atoms with Gasteiger partial charge in [-0.3, -0.25) is 4.79 Å². The second-order valence-electron chi connectivity index (χ2n) is 4.31. The molecular weight excluding hydrogens is 270 g/mol. The standard InChI is InChI=1S/C13H18F2N2O3/c1-8(16)3-6-12(18)17-9-4-5-10(19-2)11(7-9)20-13(14)15/h4-5,7-8,13H,3,6,16H2,1-2H3,(H,17,18). The molecule has 1 unspecified atom stereocenters. The summed E-state index contributed by atoms with van der Waals surface area (Å²) in [5.74, 6) is -0.207. The first-order chi connectivity index (χ1) is 9.42. The zero-order valence-corrected chi connectivity index (χ0v) is 11.4. The fourth-order valence-corrected chi connectivity index (χ4v) is 1.52. The van der Waals surface area contributed by atoms with Crippen molar-refractivity contribution in [3.8, 4) is 11.5 Å². The van der Waals surface area contributed by atoms with Gasteiger partial charge in [0.25, 0.3) is 0 Å². The molecule has 1 amide bonds. The summed E-state index contributed by atoms with van der Waals surface area (Å²) in [6, 6.07) is 4.20. The van der Waals surface area contributed by atoms with Crippen LogP contribution in [0.2, 0.25) is 0 Å². The lowest BCUT2D eigenvalue weighted by atomic mass is 10.2. The lowest BCUT2D eigenvalue weighted by Crippen LogP contribution is -2.19. The van der Waals surface area contributed by atoms with Crippen molar-refractivity contribution in [3.05, 3.63) is 18.2 Å². The summed E-state index contributed by atoms with van der Waals surface area (Å²) in [5, 5.41) is 2.59. The highest BCUT2D eigenvalue weighted by atomic mass is 19.3. The number of methoxy groups -OCH3 is 1. The maximum Gasteiger partial charge on any atom is 0.387 e. The average molecular weight is 288 g/mol. The number of anilines is 1. The molecule has 20 heavy (non-hydrogen) atoms. The largest absolute Gasteiger partial charge is 0.493 e. The molecule has 0 aliphatic heterocycles. The van der Waals surface area contributed by atoms with E-state index in [-0.39, 0.29) is 29.9 Å². The number of carbonyl (C=O) groups is 1. The van der Waals surface area contributed by atoms with E-state index in [4.69, 9.17) is 10.5 Å². The van der Waals surface area contributed by atoms with Gasteiger partial charge < -0.3 is 20.5 Å². The Morgan fingerprint density at radius 1 is 1.40 bits per heavy atom. The summed E-state index contributed by atoms with van der Waals surface area (Å²) < 4.78 is 33.7. The third kappa shape index (κ3) is 5.40. The molecule has 0 saturated carbocycles. The number of alkyl halides is 2. The van der Waals surface area contributed by atoms with E-state index in [0.717, 1.165) is 0 Å². The average Bonchev–Trinajstić information content (AvgIpc) is 2.36. The van der Waals surface area contributed by atoms with Crippen molar-refractivity contribution in [1.82, 2.24) is 0 Å². The van der Waals surface area contributed by atoms with Crippen molar-refractivity contribution in [3.63, 3.8) is 0 Å². The summed E-state index contributed by atoms with van der Waals surface area (Å²) in [6.45, 7) is -1.16. The minimum atomic E-state index is -2.96. The van der Waals surface area contributed by atoms with E-state index in [1.54, 1.807) is 13.0 Å². The van der Waals surface area contributed by atoms with Crippen molar-refractivity contribution in [2.45, 2.75) is 32.4 Å². The van der Waals surface area contributed by atoms with Gasteiger partial charge in [0.2, 0.25) is 5.91 Å². The van der Waals surface area contributed by atoms with Gasteiger partial charge in [-0.1, -0.05) is 0 Å². The number of carbonyl (C=O) groups excluding carboxylic acids is 1. The van der Waals surface area contributed by atoms with Crippen LogP contribution in [0.25, 0.3) is 0 Å². The zero-order valence-electron chi connectivity index (χ0n) is 11.4. The monoisotopic (exact) mass is 288 g/mol. The van der Waals surface area contributed by atoms with Crippen LogP contribution in [-0.4, -0.2) is 25.7 Å². The highest BCUT2D eigenvalue weighted by molar-refractivity contribution is 5.91. The maximum absolute atomic E-state index is 12.3. The normalized spacial score (nSPS) is 12.1. The molecule has 1 atom stereocenters. The predicted molar refractivity (Wildman–Crippen MR) is 71.1 cm³/mol. The lowest BCUT2D eigenvalue weighted by molar-refractivity contribution is -0.116. The molecule has 0 heterocycles. The molecule has 1 rings (SSSR count). The van der Waals surface area contributed by atoms with Gasteiger partial charge in [-0.15, -0.1) is 0 Å². The van der Waals surface area contributed by atoms with E-state index >= 15 is 0 Å². The first-order valence-electron chi connectivity index (χ1n) is 6.10. The Morgan fingerprint density at radius 3 is 2.65 bits per heavy atom. The molecule has 112 valence electrons. The Labute approximate surface area is 116 Å². The highest BCUT2D eigenvalue weighted by Gasteiger charge is 2.12. The topological polar surface area (TPSA) is 73.6 Å². The summed E-state index contributed by atoms with van der Waals surface area (Å²) in [6.07, 6.45) is 0.803. The molecule has 5 nitrogen and oxygen atoms in total. The van der Waals surface area contributed by atoms with Crippen molar-refractivity contribution in [1.29, 1.82) is 0 Å². The molecule has 0 aliphatic rings. The van der Waals surface area contributed by atoms with Gasteiger partial charge in [0.05, 0.1) is 7.11 Å². The van der Waals surface area contributed by atoms with E-state index in [9.17, 15) is 13.6 Å². The number of hydrogen-bond donors (Lipinski definition) is 2. The highest BCUT2D eigenvalue weighted by Crippen LogP contribution is 2.31. The van der Waals surface area contributed by atoms with Gasteiger partial charge >= 0.3 is 6.61 Å². The number of rotatable bonds is 7. The third-order valence-corrected chi connectivity index (χ3v) is 2.49. The number of halogens is 2. The lowest BCUT2D eigenvalue weighted by Gasteiger charge is -2.12. The van der Waals surface area contributed by atoms with E-state index in [2.05, 4.69) is 10.1 Å². The third-order valence-electron chi connectivity index (χ3n) is 2.49. The Hall–Kier alpha value is -1.89. The van der Waals surface area contributed by atoms with Crippen LogP contribution in [0.5, 0.6) is 11.5 Å². The van der Waals surface area contributed by atoms with E-state index in [1.807, 2.05) is 0 Å². The fourth-order valence-electron chi connectivity index (χ4n) is 1.52. The summed E-state index contributed by atoms with van der Waals surface area (Å²) in [7, 11) is 1.34. The second kappa shape index (κ2) is 7.64. The van der Waals surface area contributed by atoms with Crippen LogP contribution in [0.15, 0.2) is 18.2 Å². The van der Waals surface area contributed by atoms with Gasteiger partial charge in [0, 0.05) is 24.2 Å². The van der Waals surface area contributed by atoms with Crippen LogP contribution >= 0.6 is 0 Å². The quantitative estimate of drug-likeness (QED) is 0.807. The number of hydrogen-bond acceptors (Lipinski definition) is 4. The molecule has 1 aromatic carbocycles. The summed E-state index contributed by atoms with van der Waals surface area (Å²) in [5.41, 5.74) is 5.91. The van der Waals surface area contributed by atoms with Crippen LogP contribution in [0.1, 0.15) is 19.8 Å². The Morgan fingerprint density at radius 2 is 2.10 bits per heavy atom. The maximum atomic E-state index is 12.3. The molecule has 1 aromatic rings. The minimum Gasteiger partial charge on any atom is -0.493 e. The smallest absolute Gasteiger partial charge is 0.387 e. The fraction of sp³-hybridized carbons (Fsp3) is 0.462. The van der Waals surface area contributed by atoms with Gasteiger partial charge in [-0.2, -0.15) is 8.78 Å². The molecule has 0 fully saturated rings. The number of benzene rings is 1. The summed E-state index contributed by atoms with van der Waals surface area (Å²) in [4.78, 5) is 11.6. The Kier molecular flexibility index (Phi) is 6.17. The number of nitrogens with one attached hydrogen (secondary N) is 1. The van der Waals surface area contributed by atoms with Crippen LogP contribution in [0, 0.1) is 0 Å². The first kappa shape index (κ1) is 16.2. The van der Waals surface area contributed by atoms with Gasteiger partial charge in [0.1, 0.15) is 0 Å². The Balaban J connectivity index is 2.73. The number of ether oxygens (including phenoxy) is 2. The van der Waals surface area contributed by atoms with Gasteiger partial charge in [0.15, 0.2) is 11.5 Å². The van der Waals surface area contributed by atoms with Crippen LogP contribution in [-0.2, 0) is 4.79 Å². The zero-order chi connectivity index (χ0) is 15.1. The van der Waals surface area contributed by atoms with E-state index in [0.29, 0.717) is 12.1 Å². The SMILES string of the molecule is COc1ccc(NC(=O)CCC(C)N)cc1OC(F)F. The van der Waals surface area contributed by atoms with Crippen molar-refractivity contribution >= 4 is 11.6 Å². The van der Waals surface area contributed by atoms with E-state index in [1.165, 1.54) is 19.2 Å². The molecule has 0 spiro atoms. The molecule has 0 aromatic heterocycles. The second-order valence-corrected chi connectivity index (χ2v) is 4.31. The summed E-state index contributed by atoms with van der Waals surface area (Å²) >= 11 is 0. The van der Waals surface area contributed by atoms with Gasteiger partial charge in [-0.25, -0.2) is 0 Å². The molecular formula is C13H18F2N2O3. The predicted octanol–water partition coefficient (Wildman–Crippen LogP) is 2.36. The molecule has 0 bridgehead atoms. The number of nitrogens with two attached hydrogens (primary N) is 1. The molecule has 7 heteroatoms. The molecule has 0 saturated heterocycles. The van der Waals surface area contributed by atoms with Crippen molar-refractivity contribution in [2.24, 2.45) is 5.73 Å². The van der Waals surface area contributed by atoms with Crippen LogP contribution in [0.3, 0.4) is 0 Å². The Bertz CT molecular complexity index is 453. The van der Waals surface area contributed by atoms with Crippen molar-refractivity contribution in [2.75, 3.05) is 12.4 Å².